The Morgan fingerprint density at radius 2 is 1.59 bits per heavy atom. The summed E-state index contributed by atoms with van der Waals surface area (Å²) in [6.07, 6.45) is 0. The lowest BCUT2D eigenvalue weighted by Crippen LogP contribution is -2.55. The molecule has 3 rings (SSSR count). The fraction of sp³-hybridized carbons (Fsp3) is 0.417. The monoisotopic (exact) mass is 393 g/mol. The van der Waals surface area contributed by atoms with Crippen LogP contribution in [0.5, 0.6) is 0 Å². The molecule has 154 valence electrons. The van der Waals surface area contributed by atoms with Crippen LogP contribution in [0.4, 0.5) is 17.1 Å². The van der Waals surface area contributed by atoms with Crippen molar-refractivity contribution in [3.8, 4) is 0 Å². The summed E-state index contributed by atoms with van der Waals surface area (Å²) in [5.74, 6) is 0.252. The third-order valence-electron chi connectivity index (χ3n) is 5.36. The van der Waals surface area contributed by atoms with Crippen LogP contribution >= 0.6 is 0 Å². The topological polar surface area (TPSA) is 61.4 Å². The van der Waals surface area contributed by atoms with Crippen LogP contribution in [0.3, 0.4) is 0 Å². The average Bonchev–Trinajstić information content (AvgIpc) is 2.65. The van der Waals surface area contributed by atoms with Crippen molar-refractivity contribution < 1.29 is 9.59 Å². The summed E-state index contributed by atoms with van der Waals surface area (Å²) in [5.41, 5.74) is 3.91. The highest BCUT2D eigenvalue weighted by Crippen LogP contribution is 2.36. The highest BCUT2D eigenvalue weighted by molar-refractivity contribution is 6.11. The van der Waals surface area contributed by atoms with Crippen molar-refractivity contribution in [1.82, 2.24) is 0 Å². The molecule has 5 heteroatoms. The van der Waals surface area contributed by atoms with Gasteiger partial charge in [-0.3, -0.25) is 14.5 Å². The van der Waals surface area contributed by atoms with E-state index in [0.29, 0.717) is 0 Å². The third kappa shape index (κ3) is 4.14. The van der Waals surface area contributed by atoms with Crippen LogP contribution in [0.15, 0.2) is 42.5 Å². The summed E-state index contributed by atoms with van der Waals surface area (Å²) >= 11 is 0. The number of fused-ring (bicyclic) bond motifs is 1. The maximum absolute atomic E-state index is 13.1. The molecule has 0 fully saturated rings. The van der Waals surface area contributed by atoms with Gasteiger partial charge in [-0.05, 0) is 48.9 Å². The molecular formula is C24H31N3O2. The van der Waals surface area contributed by atoms with Gasteiger partial charge in [0, 0.05) is 5.69 Å². The predicted octanol–water partition coefficient (Wildman–Crippen LogP) is 5.11. The SMILES string of the molecule is CC(C)c1cccc(C(C)C)c1NC(=O)CN1C(=O)C(C)(C)Nc2ccccc21. The molecule has 2 aromatic rings. The Labute approximate surface area is 173 Å². The predicted molar refractivity (Wildman–Crippen MR) is 120 cm³/mol. The Bertz CT molecular complexity index is 905. The van der Waals surface area contributed by atoms with Crippen LogP contribution < -0.4 is 15.5 Å². The number of amides is 2. The Morgan fingerprint density at radius 1 is 1.00 bits per heavy atom. The van der Waals surface area contributed by atoms with Gasteiger partial charge in [0.2, 0.25) is 5.91 Å². The minimum Gasteiger partial charge on any atom is -0.370 e. The van der Waals surface area contributed by atoms with E-state index in [9.17, 15) is 9.59 Å². The Morgan fingerprint density at radius 3 is 2.17 bits per heavy atom. The van der Waals surface area contributed by atoms with Gasteiger partial charge >= 0.3 is 0 Å². The molecule has 5 nitrogen and oxygen atoms in total. The van der Waals surface area contributed by atoms with Gasteiger partial charge in [-0.1, -0.05) is 58.0 Å². The van der Waals surface area contributed by atoms with Gasteiger partial charge in [0.25, 0.3) is 5.91 Å². The molecule has 0 unspecified atom stereocenters. The number of hydrogen-bond acceptors (Lipinski definition) is 3. The van der Waals surface area contributed by atoms with E-state index in [-0.39, 0.29) is 30.2 Å². The van der Waals surface area contributed by atoms with E-state index in [4.69, 9.17) is 0 Å². The summed E-state index contributed by atoms with van der Waals surface area (Å²) < 4.78 is 0. The van der Waals surface area contributed by atoms with E-state index in [0.717, 1.165) is 28.2 Å². The summed E-state index contributed by atoms with van der Waals surface area (Å²) in [6, 6.07) is 13.7. The van der Waals surface area contributed by atoms with E-state index in [2.05, 4.69) is 50.5 Å². The van der Waals surface area contributed by atoms with Crippen molar-refractivity contribution in [2.24, 2.45) is 0 Å². The molecular weight excluding hydrogens is 362 g/mol. The van der Waals surface area contributed by atoms with Gasteiger partial charge in [-0.15, -0.1) is 0 Å². The molecule has 1 aliphatic rings. The second-order valence-corrected chi connectivity index (χ2v) is 8.83. The summed E-state index contributed by atoms with van der Waals surface area (Å²) in [5, 5.41) is 6.38. The van der Waals surface area contributed by atoms with Crippen molar-refractivity contribution in [1.29, 1.82) is 0 Å². The molecule has 2 amide bonds. The lowest BCUT2D eigenvalue weighted by molar-refractivity contribution is -0.124. The molecule has 0 saturated heterocycles. The van der Waals surface area contributed by atoms with E-state index in [1.807, 2.05) is 44.2 Å². The number of rotatable bonds is 5. The van der Waals surface area contributed by atoms with Crippen LogP contribution in [-0.4, -0.2) is 23.9 Å². The largest absolute Gasteiger partial charge is 0.370 e. The van der Waals surface area contributed by atoms with Gasteiger partial charge in [0.05, 0.1) is 11.4 Å². The Hall–Kier alpha value is -2.82. The molecule has 0 spiro atoms. The molecule has 1 heterocycles. The molecule has 0 radical (unpaired) electrons. The van der Waals surface area contributed by atoms with Crippen molar-refractivity contribution in [3.63, 3.8) is 0 Å². The van der Waals surface area contributed by atoms with Gasteiger partial charge in [-0.2, -0.15) is 0 Å². The Balaban J connectivity index is 1.91. The van der Waals surface area contributed by atoms with Crippen molar-refractivity contribution in [2.45, 2.75) is 58.9 Å². The number of carbonyl (C=O) groups is 2. The zero-order valence-corrected chi connectivity index (χ0v) is 18.2. The molecule has 2 N–H and O–H groups in total. The van der Waals surface area contributed by atoms with Crippen molar-refractivity contribution in [3.05, 3.63) is 53.6 Å². The first-order chi connectivity index (χ1) is 13.6. The van der Waals surface area contributed by atoms with Crippen molar-refractivity contribution in [2.75, 3.05) is 22.1 Å². The first kappa shape index (κ1) is 20.9. The van der Waals surface area contributed by atoms with Crippen molar-refractivity contribution >= 4 is 28.9 Å². The second-order valence-electron chi connectivity index (χ2n) is 8.83. The van der Waals surface area contributed by atoms with Gasteiger partial charge < -0.3 is 10.6 Å². The number of nitrogens with zero attached hydrogens (tertiary/aromatic N) is 1. The molecule has 0 aromatic heterocycles. The number of nitrogens with one attached hydrogen (secondary N) is 2. The van der Waals surface area contributed by atoms with Crippen LogP contribution in [0.25, 0.3) is 0 Å². The lowest BCUT2D eigenvalue weighted by Gasteiger charge is -2.39. The minimum atomic E-state index is -0.770. The fourth-order valence-corrected chi connectivity index (χ4v) is 3.83. The van der Waals surface area contributed by atoms with Crippen LogP contribution in [0, 0.1) is 0 Å². The summed E-state index contributed by atoms with van der Waals surface area (Å²) in [6.45, 7) is 12.1. The molecule has 0 atom stereocenters. The quantitative estimate of drug-likeness (QED) is 0.742. The first-order valence-electron chi connectivity index (χ1n) is 10.2. The number of hydrogen-bond donors (Lipinski definition) is 2. The molecule has 1 aliphatic heterocycles. The summed E-state index contributed by atoms with van der Waals surface area (Å²) in [7, 11) is 0. The van der Waals surface area contributed by atoms with Gasteiger partial charge in [0.15, 0.2) is 0 Å². The van der Waals surface area contributed by atoms with Gasteiger partial charge in [0.1, 0.15) is 12.1 Å². The highest BCUT2D eigenvalue weighted by Gasteiger charge is 2.39. The summed E-state index contributed by atoms with van der Waals surface area (Å²) in [4.78, 5) is 27.7. The third-order valence-corrected chi connectivity index (χ3v) is 5.36. The highest BCUT2D eigenvalue weighted by atomic mass is 16.2. The lowest BCUT2D eigenvalue weighted by atomic mass is 9.92. The van der Waals surface area contributed by atoms with Crippen LogP contribution in [0.1, 0.15) is 64.5 Å². The standard InChI is InChI=1S/C24H31N3O2/c1-15(2)17-10-9-11-18(16(3)4)22(17)25-21(28)14-27-20-13-8-7-12-19(20)26-24(5,6)23(27)29/h7-13,15-16,26H,14H2,1-6H3,(H,25,28). The number of anilines is 3. The molecule has 0 saturated carbocycles. The van der Waals surface area contributed by atoms with E-state index in [1.165, 1.54) is 0 Å². The van der Waals surface area contributed by atoms with Gasteiger partial charge in [-0.25, -0.2) is 0 Å². The maximum atomic E-state index is 13.1. The smallest absolute Gasteiger partial charge is 0.252 e. The zero-order chi connectivity index (χ0) is 21.3. The second kappa shape index (κ2) is 7.90. The molecule has 0 aliphatic carbocycles. The molecule has 29 heavy (non-hydrogen) atoms. The molecule has 0 bridgehead atoms. The first-order valence-corrected chi connectivity index (χ1v) is 10.2. The van der Waals surface area contributed by atoms with Crippen LogP contribution in [0.2, 0.25) is 0 Å². The maximum Gasteiger partial charge on any atom is 0.252 e. The average molecular weight is 394 g/mol. The van der Waals surface area contributed by atoms with E-state index >= 15 is 0 Å². The number of carbonyl (C=O) groups excluding carboxylic acids is 2. The number of benzene rings is 2. The fourth-order valence-electron chi connectivity index (χ4n) is 3.83. The number of para-hydroxylation sites is 3. The Kier molecular flexibility index (Phi) is 5.69. The van der Waals surface area contributed by atoms with Crippen LogP contribution in [-0.2, 0) is 9.59 Å². The van der Waals surface area contributed by atoms with E-state index < -0.39 is 5.54 Å². The normalized spacial score (nSPS) is 15.3. The molecule has 2 aromatic carbocycles. The van der Waals surface area contributed by atoms with E-state index in [1.54, 1.807) is 4.90 Å². The minimum absolute atomic E-state index is 0.0229. The zero-order valence-electron chi connectivity index (χ0n) is 18.2.